The number of ketones is 2. The van der Waals surface area contributed by atoms with Crippen LogP contribution in [0.5, 0.6) is 0 Å². The van der Waals surface area contributed by atoms with Gasteiger partial charge in [-0.05, 0) is 115 Å². The predicted molar refractivity (Wildman–Crippen MR) is 133 cm³/mol. The van der Waals surface area contributed by atoms with Gasteiger partial charge >= 0.3 is 11.9 Å². The number of rotatable bonds is 10. The van der Waals surface area contributed by atoms with Crippen LogP contribution < -0.4 is 0 Å². The summed E-state index contributed by atoms with van der Waals surface area (Å²) in [7, 11) is 0. The molecular weight excluding hydrogens is 472 g/mol. The van der Waals surface area contributed by atoms with Crippen LogP contribution in [0.3, 0.4) is 0 Å². The number of carbonyl (C=O) groups excluding carboxylic acids is 4. The average molecular weight is 515 g/mol. The second-order valence-electron chi connectivity index (χ2n) is 14.0. The minimum absolute atomic E-state index is 0.163. The van der Waals surface area contributed by atoms with E-state index in [-0.39, 0.29) is 60.8 Å². The summed E-state index contributed by atoms with van der Waals surface area (Å²) in [5, 5.41) is 0. The van der Waals surface area contributed by atoms with Gasteiger partial charge in [0.25, 0.3) is 0 Å². The molecule has 8 saturated carbocycles. The van der Waals surface area contributed by atoms with E-state index in [1.54, 1.807) is 13.8 Å². The van der Waals surface area contributed by atoms with Crippen molar-refractivity contribution in [2.24, 2.45) is 45.3 Å². The molecule has 0 aromatic carbocycles. The SMILES string of the molecule is CC(=O)C12CC3CC(C1)CC(C(=O)OCCOCCOC(=O)C14CC5CC(CC(C(C)=O)(C5)C1)C4)(C3)C2. The molecule has 7 heteroatoms. The largest absolute Gasteiger partial charge is 0.463 e. The van der Waals surface area contributed by atoms with Gasteiger partial charge in [-0.3, -0.25) is 19.2 Å². The summed E-state index contributed by atoms with van der Waals surface area (Å²) in [6, 6.07) is 0. The van der Waals surface area contributed by atoms with Gasteiger partial charge in [-0.2, -0.15) is 0 Å². The lowest BCUT2D eigenvalue weighted by Crippen LogP contribution is -2.57. The third-order valence-electron chi connectivity index (χ3n) is 11.4. The number of hydrogen-bond acceptors (Lipinski definition) is 7. The average Bonchev–Trinajstić information content (AvgIpc) is 2.81. The molecule has 0 spiro atoms. The van der Waals surface area contributed by atoms with Gasteiger partial charge in [0.1, 0.15) is 24.8 Å². The van der Waals surface area contributed by atoms with Crippen molar-refractivity contribution in [2.75, 3.05) is 26.4 Å². The minimum atomic E-state index is -0.500. The van der Waals surface area contributed by atoms with Crippen LogP contribution in [0.4, 0.5) is 0 Å². The number of esters is 2. The van der Waals surface area contributed by atoms with Crippen molar-refractivity contribution in [1.29, 1.82) is 0 Å². The van der Waals surface area contributed by atoms with E-state index in [4.69, 9.17) is 14.2 Å². The van der Waals surface area contributed by atoms with Gasteiger partial charge in [-0.15, -0.1) is 0 Å². The Labute approximate surface area is 219 Å². The zero-order chi connectivity index (χ0) is 26.1. The lowest BCUT2D eigenvalue weighted by atomic mass is 9.43. The Balaban J connectivity index is 0.938. The summed E-state index contributed by atoms with van der Waals surface area (Å²) in [6.07, 6.45) is 10.7. The molecule has 8 fully saturated rings. The van der Waals surface area contributed by atoms with Crippen LogP contribution >= 0.6 is 0 Å². The molecule has 8 rings (SSSR count). The number of carbonyl (C=O) groups is 4. The molecule has 0 saturated heterocycles. The molecule has 8 aliphatic rings. The molecule has 0 aromatic rings. The first kappa shape index (κ1) is 25.5. The molecule has 0 N–H and O–H groups in total. The summed E-state index contributed by atoms with van der Waals surface area (Å²) in [5.74, 6) is 1.99. The second-order valence-corrected chi connectivity index (χ2v) is 14.0. The maximum atomic E-state index is 13.1. The van der Waals surface area contributed by atoms with E-state index in [2.05, 4.69) is 0 Å². The van der Waals surface area contributed by atoms with Crippen LogP contribution in [0.25, 0.3) is 0 Å². The third kappa shape index (κ3) is 4.18. The third-order valence-corrected chi connectivity index (χ3v) is 11.4. The molecule has 8 bridgehead atoms. The highest BCUT2D eigenvalue weighted by molar-refractivity contribution is 5.87. The first-order valence-corrected chi connectivity index (χ1v) is 14.5. The second kappa shape index (κ2) is 8.89. The normalized spacial score (nSPS) is 44.6. The Morgan fingerprint density at radius 1 is 0.541 bits per heavy atom. The van der Waals surface area contributed by atoms with E-state index < -0.39 is 10.8 Å². The topological polar surface area (TPSA) is 96.0 Å². The first-order valence-electron chi connectivity index (χ1n) is 14.5. The minimum Gasteiger partial charge on any atom is -0.463 e. The molecule has 7 nitrogen and oxygen atoms in total. The lowest BCUT2D eigenvalue weighted by Gasteiger charge is -2.59. The monoisotopic (exact) mass is 514 g/mol. The Morgan fingerprint density at radius 2 is 0.865 bits per heavy atom. The fourth-order valence-corrected chi connectivity index (χ4v) is 10.6. The van der Waals surface area contributed by atoms with Crippen LogP contribution in [0.1, 0.15) is 90.9 Å². The molecule has 0 radical (unpaired) electrons. The molecule has 0 heterocycles. The van der Waals surface area contributed by atoms with Crippen molar-refractivity contribution in [3.8, 4) is 0 Å². The van der Waals surface area contributed by atoms with Crippen molar-refractivity contribution in [3.63, 3.8) is 0 Å². The van der Waals surface area contributed by atoms with Gasteiger partial charge in [0.15, 0.2) is 0 Å². The predicted octanol–water partition coefficient (Wildman–Crippen LogP) is 4.44. The van der Waals surface area contributed by atoms with Gasteiger partial charge in [0.2, 0.25) is 0 Å². The Kier molecular flexibility index (Phi) is 6.13. The summed E-state index contributed by atoms with van der Waals surface area (Å²) < 4.78 is 17.0. The van der Waals surface area contributed by atoms with E-state index in [0.29, 0.717) is 36.5 Å². The highest BCUT2D eigenvalue weighted by Gasteiger charge is 2.64. The Hall–Kier alpha value is -1.76. The quantitative estimate of drug-likeness (QED) is 0.314. The van der Waals surface area contributed by atoms with E-state index in [0.717, 1.165) is 64.2 Å². The number of Topliss-reactive ketones (excluding diaryl/α,β-unsaturated/α-hetero) is 2. The first-order chi connectivity index (χ1) is 17.6. The maximum absolute atomic E-state index is 13.1. The van der Waals surface area contributed by atoms with Crippen molar-refractivity contribution < 1.29 is 33.4 Å². The van der Waals surface area contributed by atoms with E-state index in [1.165, 1.54) is 0 Å². The maximum Gasteiger partial charge on any atom is 0.312 e. The Bertz CT molecular complexity index is 892. The van der Waals surface area contributed by atoms with Crippen LogP contribution in [0.15, 0.2) is 0 Å². The van der Waals surface area contributed by atoms with Gasteiger partial charge in [0.05, 0.1) is 24.0 Å². The summed E-state index contributed by atoms with van der Waals surface area (Å²) in [4.78, 5) is 51.2. The van der Waals surface area contributed by atoms with E-state index in [1.807, 2.05) is 0 Å². The lowest BCUT2D eigenvalue weighted by molar-refractivity contribution is -0.184. The van der Waals surface area contributed by atoms with Crippen molar-refractivity contribution >= 4 is 23.5 Å². The summed E-state index contributed by atoms with van der Waals surface area (Å²) in [6.45, 7) is 4.24. The smallest absolute Gasteiger partial charge is 0.312 e. The molecule has 0 aromatic heterocycles. The molecular formula is C30H42O7. The van der Waals surface area contributed by atoms with Crippen LogP contribution in [0, 0.1) is 45.3 Å². The van der Waals surface area contributed by atoms with Crippen LogP contribution in [0.2, 0.25) is 0 Å². The molecule has 4 atom stereocenters. The fraction of sp³-hybridized carbons (Fsp3) is 0.867. The van der Waals surface area contributed by atoms with E-state index in [9.17, 15) is 19.2 Å². The van der Waals surface area contributed by atoms with Gasteiger partial charge < -0.3 is 14.2 Å². The molecule has 0 aliphatic heterocycles. The number of ether oxygens (including phenoxy) is 3. The zero-order valence-corrected chi connectivity index (χ0v) is 22.5. The molecule has 8 aliphatic carbocycles. The van der Waals surface area contributed by atoms with Crippen molar-refractivity contribution in [2.45, 2.75) is 90.9 Å². The molecule has 37 heavy (non-hydrogen) atoms. The zero-order valence-electron chi connectivity index (χ0n) is 22.5. The molecule has 4 unspecified atom stereocenters. The van der Waals surface area contributed by atoms with Crippen LogP contribution in [-0.4, -0.2) is 49.9 Å². The highest BCUT2D eigenvalue weighted by Crippen LogP contribution is 2.67. The molecule has 0 amide bonds. The number of hydrogen-bond donors (Lipinski definition) is 0. The van der Waals surface area contributed by atoms with Crippen molar-refractivity contribution in [1.82, 2.24) is 0 Å². The van der Waals surface area contributed by atoms with Crippen molar-refractivity contribution in [3.05, 3.63) is 0 Å². The summed E-state index contributed by atoms with van der Waals surface area (Å²) >= 11 is 0. The van der Waals surface area contributed by atoms with Crippen LogP contribution in [-0.2, 0) is 33.4 Å². The summed E-state index contributed by atoms with van der Waals surface area (Å²) in [5.41, 5.74) is -1.63. The molecule has 204 valence electrons. The van der Waals surface area contributed by atoms with Gasteiger partial charge in [-0.25, -0.2) is 0 Å². The standard InChI is InChI=1S/C30H42O7/c1-19(31)27-9-21-7-22(10-27)14-29(13-21,17-27)25(33)36-5-3-35-4-6-37-26(34)30-15-23-8-24(16-30)12-28(11-23,18-30)20(2)32/h21-24H,3-18H2,1-2H3. The van der Waals surface area contributed by atoms with E-state index >= 15 is 0 Å². The highest BCUT2D eigenvalue weighted by atomic mass is 16.6. The Morgan fingerprint density at radius 3 is 1.19 bits per heavy atom. The van der Waals surface area contributed by atoms with Gasteiger partial charge in [0, 0.05) is 10.8 Å². The van der Waals surface area contributed by atoms with Gasteiger partial charge in [-0.1, -0.05) is 0 Å². The fourth-order valence-electron chi connectivity index (χ4n) is 10.6.